The number of aryl methyl sites for hydroxylation is 1. The van der Waals surface area contributed by atoms with Crippen molar-refractivity contribution < 1.29 is 4.74 Å². The van der Waals surface area contributed by atoms with Gasteiger partial charge in [-0.15, -0.1) is 0 Å². The minimum atomic E-state index is 0.467. The highest BCUT2D eigenvalue weighted by Crippen LogP contribution is 2.21. The molecule has 1 aromatic heterocycles. The minimum absolute atomic E-state index is 0.467. The maximum absolute atomic E-state index is 5.21. The van der Waals surface area contributed by atoms with Crippen molar-refractivity contribution >= 4 is 5.96 Å². The number of nitrogens with zero attached hydrogens (tertiary/aromatic N) is 2. The second-order valence-electron chi connectivity index (χ2n) is 6.08. The number of benzene rings is 1. The number of ether oxygens (including phenoxy) is 1. The molecule has 5 heteroatoms. The predicted molar refractivity (Wildman–Crippen MR) is 103 cm³/mol. The number of hydrogen-bond donors (Lipinski definition) is 2. The van der Waals surface area contributed by atoms with Gasteiger partial charge in [-0.3, -0.25) is 9.98 Å². The summed E-state index contributed by atoms with van der Waals surface area (Å²) in [6, 6.07) is 12.3. The third-order valence-electron chi connectivity index (χ3n) is 4.32. The highest BCUT2D eigenvalue weighted by Gasteiger charge is 2.07. The molecule has 0 saturated heterocycles. The molecule has 0 aliphatic carbocycles. The number of methoxy groups -OCH3 is 1. The molecule has 1 atom stereocenters. The van der Waals surface area contributed by atoms with E-state index in [9.17, 15) is 0 Å². The van der Waals surface area contributed by atoms with Gasteiger partial charge in [-0.05, 0) is 48.6 Å². The van der Waals surface area contributed by atoms with Crippen molar-refractivity contribution in [1.29, 1.82) is 0 Å². The summed E-state index contributed by atoms with van der Waals surface area (Å²) in [5.74, 6) is 2.16. The fraction of sp³-hybridized carbons (Fsp3) is 0.400. The van der Waals surface area contributed by atoms with Crippen molar-refractivity contribution in [3.8, 4) is 5.75 Å². The van der Waals surface area contributed by atoms with E-state index in [4.69, 9.17) is 4.74 Å². The van der Waals surface area contributed by atoms with Crippen LogP contribution in [0.4, 0.5) is 0 Å². The fourth-order valence-electron chi connectivity index (χ4n) is 2.60. The topological polar surface area (TPSA) is 58.5 Å². The monoisotopic (exact) mass is 340 g/mol. The first-order valence-electron chi connectivity index (χ1n) is 8.63. The second-order valence-corrected chi connectivity index (χ2v) is 6.08. The standard InChI is InChI=1S/C20H28N4O/c1-15(17-7-9-18(25-4)10-8-17)11-13-23-20(21-3)24-14-19-16(2)6-5-12-22-19/h5-10,12,15H,11,13-14H2,1-4H3,(H2,21,23,24). The smallest absolute Gasteiger partial charge is 0.191 e. The zero-order chi connectivity index (χ0) is 18.1. The molecular formula is C20H28N4O. The molecule has 1 aromatic carbocycles. The van der Waals surface area contributed by atoms with Crippen LogP contribution < -0.4 is 15.4 Å². The molecule has 0 fully saturated rings. The SMILES string of the molecule is CN=C(NCCC(C)c1ccc(OC)cc1)NCc1ncccc1C. The molecule has 2 rings (SSSR count). The summed E-state index contributed by atoms with van der Waals surface area (Å²) in [6.07, 6.45) is 2.84. The van der Waals surface area contributed by atoms with Gasteiger partial charge in [-0.2, -0.15) is 0 Å². The van der Waals surface area contributed by atoms with Gasteiger partial charge >= 0.3 is 0 Å². The number of aliphatic imine (C=N–C) groups is 1. The fourth-order valence-corrected chi connectivity index (χ4v) is 2.60. The summed E-state index contributed by atoms with van der Waals surface area (Å²) < 4.78 is 5.21. The number of guanidine groups is 1. The summed E-state index contributed by atoms with van der Waals surface area (Å²) in [5.41, 5.74) is 3.53. The molecule has 2 aromatic rings. The predicted octanol–water partition coefficient (Wildman–Crippen LogP) is 3.26. The first-order valence-corrected chi connectivity index (χ1v) is 8.63. The lowest BCUT2D eigenvalue weighted by atomic mass is 9.98. The van der Waals surface area contributed by atoms with E-state index in [0.717, 1.165) is 30.4 Å². The van der Waals surface area contributed by atoms with Gasteiger partial charge in [0.2, 0.25) is 0 Å². The summed E-state index contributed by atoms with van der Waals surface area (Å²) in [4.78, 5) is 8.67. The molecule has 0 bridgehead atoms. The zero-order valence-electron chi connectivity index (χ0n) is 15.5. The Kier molecular flexibility index (Phi) is 7.26. The zero-order valence-corrected chi connectivity index (χ0v) is 15.5. The van der Waals surface area contributed by atoms with Crippen molar-refractivity contribution in [2.24, 2.45) is 4.99 Å². The quantitative estimate of drug-likeness (QED) is 0.600. The van der Waals surface area contributed by atoms with Crippen LogP contribution in [0.1, 0.15) is 36.1 Å². The Morgan fingerprint density at radius 2 is 1.96 bits per heavy atom. The normalized spacial score (nSPS) is 12.6. The van der Waals surface area contributed by atoms with E-state index in [-0.39, 0.29) is 0 Å². The van der Waals surface area contributed by atoms with Gasteiger partial charge in [0, 0.05) is 19.8 Å². The number of rotatable bonds is 7. The average Bonchev–Trinajstić information content (AvgIpc) is 2.65. The van der Waals surface area contributed by atoms with Crippen LogP contribution >= 0.6 is 0 Å². The van der Waals surface area contributed by atoms with Crippen molar-refractivity contribution in [3.05, 3.63) is 59.4 Å². The van der Waals surface area contributed by atoms with Gasteiger partial charge in [0.1, 0.15) is 5.75 Å². The Morgan fingerprint density at radius 1 is 1.20 bits per heavy atom. The molecular weight excluding hydrogens is 312 g/mol. The van der Waals surface area contributed by atoms with Crippen molar-refractivity contribution in [2.75, 3.05) is 20.7 Å². The Hall–Kier alpha value is -2.56. The average molecular weight is 340 g/mol. The lowest BCUT2D eigenvalue weighted by molar-refractivity contribution is 0.414. The summed E-state index contributed by atoms with van der Waals surface area (Å²) in [7, 11) is 3.47. The molecule has 0 aliphatic rings. The van der Waals surface area contributed by atoms with E-state index in [0.29, 0.717) is 12.5 Å². The molecule has 25 heavy (non-hydrogen) atoms. The number of aromatic nitrogens is 1. The third kappa shape index (κ3) is 5.78. The Labute approximate surface area is 150 Å². The van der Waals surface area contributed by atoms with Gasteiger partial charge in [0.05, 0.1) is 19.3 Å². The molecule has 0 spiro atoms. The van der Waals surface area contributed by atoms with E-state index in [1.54, 1.807) is 14.2 Å². The minimum Gasteiger partial charge on any atom is -0.497 e. The van der Waals surface area contributed by atoms with Gasteiger partial charge in [0.15, 0.2) is 5.96 Å². The lowest BCUT2D eigenvalue weighted by Gasteiger charge is -2.16. The molecule has 0 amide bonds. The highest BCUT2D eigenvalue weighted by atomic mass is 16.5. The van der Waals surface area contributed by atoms with Crippen molar-refractivity contribution in [2.45, 2.75) is 32.7 Å². The molecule has 1 heterocycles. The molecule has 0 radical (unpaired) electrons. The van der Waals surface area contributed by atoms with E-state index < -0.39 is 0 Å². The van der Waals surface area contributed by atoms with Crippen molar-refractivity contribution in [3.63, 3.8) is 0 Å². The van der Waals surface area contributed by atoms with Crippen LogP contribution in [-0.4, -0.2) is 31.6 Å². The van der Waals surface area contributed by atoms with Gasteiger partial charge < -0.3 is 15.4 Å². The van der Waals surface area contributed by atoms with E-state index in [1.807, 2.05) is 24.4 Å². The maximum Gasteiger partial charge on any atom is 0.191 e. The van der Waals surface area contributed by atoms with E-state index in [1.165, 1.54) is 11.1 Å². The van der Waals surface area contributed by atoms with E-state index in [2.05, 4.69) is 52.7 Å². The van der Waals surface area contributed by atoms with Crippen LogP contribution in [0.2, 0.25) is 0 Å². The van der Waals surface area contributed by atoms with Crippen LogP contribution in [0.25, 0.3) is 0 Å². The first kappa shape index (κ1) is 18.8. The Morgan fingerprint density at radius 3 is 2.60 bits per heavy atom. The summed E-state index contributed by atoms with van der Waals surface area (Å²) in [5, 5.41) is 6.68. The molecule has 1 unspecified atom stereocenters. The van der Waals surface area contributed by atoms with Gasteiger partial charge in [0.25, 0.3) is 0 Å². The van der Waals surface area contributed by atoms with Crippen LogP contribution in [-0.2, 0) is 6.54 Å². The van der Waals surface area contributed by atoms with Gasteiger partial charge in [-0.1, -0.05) is 25.1 Å². The van der Waals surface area contributed by atoms with Crippen LogP contribution in [0.3, 0.4) is 0 Å². The Balaban J connectivity index is 1.77. The number of nitrogens with one attached hydrogen (secondary N) is 2. The lowest BCUT2D eigenvalue weighted by Crippen LogP contribution is -2.37. The molecule has 0 saturated carbocycles. The summed E-state index contributed by atoms with van der Waals surface area (Å²) >= 11 is 0. The molecule has 0 aliphatic heterocycles. The largest absolute Gasteiger partial charge is 0.497 e. The second kappa shape index (κ2) is 9.67. The van der Waals surface area contributed by atoms with Gasteiger partial charge in [-0.25, -0.2) is 0 Å². The van der Waals surface area contributed by atoms with Crippen molar-refractivity contribution in [1.82, 2.24) is 15.6 Å². The number of pyridine rings is 1. The first-order chi connectivity index (χ1) is 12.1. The van der Waals surface area contributed by atoms with Crippen LogP contribution in [0, 0.1) is 6.92 Å². The Bertz CT molecular complexity index is 682. The molecule has 5 nitrogen and oxygen atoms in total. The molecule has 2 N–H and O–H groups in total. The number of hydrogen-bond acceptors (Lipinski definition) is 3. The van der Waals surface area contributed by atoms with Crippen LogP contribution in [0.5, 0.6) is 5.75 Å². The molecule has 134 valence electrons. The van der Waals surface area contributed by atoms with E-state index >= 15 is 0 Å². The highest BCUT2D eigenvalue weighted by molar-refractivity contribution is 5.79. The third-order valence-corrected chi connectivity index (χ3v) is 4.32. The maximum atomic E-state index is 5.21. The summed E-state index contributed by atoms with van der Waals surface area (Å²) in [6.45, 7) is 5.82. The van der Waals surface area contributed by atoms with Crippen LogP contribution in [0.15, 0.2) is 47.6 Å².